The highest BCUT2D eigenvalue weighted by Crippen LogP contribution is 2.18. The summed E-state index contributed by atoms with van der Waals surface area (Å²) in [6.45, 7) is 1.75. The van der Waals surface area contributed by atoms with Crippen molar-refractivity contribution in [3.05, 3.63) is 41.7 Å². The van der Waals surface area contributed by atoms with Crippen molar-refractivity contribution in [1.29, 1.82) is 0 Å². The van der Waals surface area contributed by atoms with Gasteiger partial charge in [0, 0.05) is 24.7 Å². The molecule has 0 saturated carbocycles. The van der Waals surface area contributed by atoms with Gasteiger partial charge in [0.25, 0.3) is 5.91 Å². The van der Waals surface area contributed by atoms with Crippen molar-refractivity contribution in [1.82, 2.24) is 30.6 Å². The third-order valence-corrected chi connectivity index (χ3v) is 5.47. The molecule has 200 valence electrons. The van der Waals surface area contributed by atoms with E-state index in [1.54, 1.807) is 30.5 Å². The molecule has 3 rings (SSSR count). The molecule has 0 aliphatic rings. The van der Waals surface area contributed by atoms with Crippen LogP contribution in [0.3, 0.4) is 0 Å². The van der Waals surface area contributed by atoms with Gasteiger partial charge in [-0.3, -0.25) is 14.4 Å². The topological polar surface area (TPSA) is 240 Å². The van der Waals surface area contributed by atoms with Crippen molar-refractivity contribution < 1.29 is 29.4 Å². The zero-order valence-corrected chi connectivity index (χ0v) is 20.6. The molecule has 2 atom stereocenters. The third kappa shape index (κ3) is 6.99. The van der Waals surface area contributed by atoms with Crippen molar-refractivity contribution in [2.24, 2.45) is 0 Å². The van der Waals surface area contributed by atoms with Gasteiger partial charge in [-0.05, 0) is 37.6 Å². The number of hydrogen-bond donors (Lipinski definition) is 6. The quantitative estimate of drug-likeness (QED) is 0.190. The molecule has 15 heteroatoms. The second kappa shape index (κ2) is 11.8. The first kappa shape index (κ1) is 27.5. The summed E-state index contributed by atoms with van der Waals surface area (Å²) < 4.78 is 0. The molecular formula is C23H27N9O6. The fraction of sp³-hybridized carbons (Fsp3) is 0.304. The summed E-state index contributed by atoms with van der Waals surface area (Å²) in [6, 6.07) is 4.10. The number of rotatable bonds is 11. The largest absolute Gasteiger partial charge is 0.481 e. The number of anilines is 3. The highest BCUT2D eigenvalue weighted by Gasteiger charge is 2.24. The van der Waals surface area contributed by atoms with Crippen LogP contribution in [0.2, 0.25) is 0 Å². The van der Waals surface area contributed by atoms with E-state index in [2.05, 4.69) is 30.6 Å². The summed E-state index contributed by atoms with van der Waals surface area (Å²) in [7, 11) is 1.82. The number of aliphatic carboxylic acids is 2. The summed E-state index contributed by atoms with van der Waals surface area (Å²) >= 11 is 0. The molecule has 0 fully saturated rings. The first-order valence-electron chi connectivity index (χ1n) is 11.4. The van der Waals surface area contributed by atoms with Crippen LogP contribution in [0, 0.1) is 0 Å². The van der Waals surface area contributed by atoms with Crippen molar-refractivity contribution in [2.75, 3.05) is 23.4 Å². The van der Waals surface area contributed by atoms with Crippen LogP contribution >= 0.6 is 0 Å². The first-order chi connectivity index (χ1) is 17.9. The first-order valence-corrected chi connectivity index (χ1v) is 11.4. The number of nitrogens with zero attached hydrogens (tertiary/aromatic N) is 5. The van der Waals surface area contributed by atoms with Gasteiger partial charge in [-0.2, -0.15) is 9.97 Å². The normalized spacial score (nSPS) is 12.4. The zero-order chi connectivity index (χ0) is 28.0. The minimum atomic E-state index is -1.39. The van der Waals surface area contributed by atoms with E-state index in [9.17, 15) is 24.3 Å². The van der Waals surface area contributed by atoms with E-state index >= 15 is 0 Å². The van der Waals surface area contributed by atoms with Crippen molar-refractivity contribution in [3.8, 4) is 0 Å². The maximum Gasteiger partial charge on any atom is 0.326 e. The SMILES string of the molecule is C[C@H](NC(=O)c1ccc(N(C)Cc2cnc3nc(N)nc(N)c3n2)cc1)C(=O)N[C@@H](CCC(=O)O)C(=O)O. The maximum absolute atomic E-state index is 12.6. The van der Waals surface area contributed by atoms with Crippen LogP contribution in [0.15, 0.2) is 30.5 Å². The fourth-order valence-corrected chi connectivity index (χ4v) is 3.43. The Hall–Kier alpha value is -5.08. The monoisotopic (exact) mass is 525 g/mol. The Morgan fingerprint density at radius 1 is 1.03 bits per heavy atom. The molecule has 0 spiro atoms. The minimum absolute atomic E-state index is 0.00788. The van der Waals surface area contributed by atoms with Gasteiger partial charge in [0.2, 0.25) is 11.9 Å². The molecule has 15 nitrogen and oxygen atoms in total. The van der Waals surface area contributed by atoms with Gasteiger partial charge >= 0.3 is 11.9 Å². The van der Waals surface area contributed by atoms with Gasteiger partial charge in [-0.15, -0.1) is 0 Å². The zero-order valence-electron chi connectivity index (χ0n) is 20.6. The van der Waals surface area contributed by atoms with Crippen LogP contribution in [0.4, 0.5) is 17.5 Å². The Kier molecular flexibility index (Phi) is 8.52. The molecule has 38 heavy (non-hydrogen) atoms. The van der Waals surface area contributed by atoms with Crippen LogP contribution in [-0.4, -0.2) is 73.0 Å². The number of carboxylic acid groups (broad SMARTS) is 2. The fourth-order valence-electron chi connectivity index (χ4n) is 3.43. The molecule has 3 aromatic rings. The molecule has 0 aliphatic heterocycles. The smallest absolute Gasteiger partial charge is 0.326 e. The van der Waals surface area contributed by atoms with Gasteiger partial charge < -0.3 is 37.2 Å². The molecule has 0 saturated heterocycles. The Labute approximate surface area is 216 Å². The molecule has 0 radical (unpaired) electrons. The van der Waals surface area contributed by atoms with E-state index in [-0.39, 0.29) is 23.8 Å². The Morgan fingerprint density at radius 2 is 1.71 bits per heavy atom. The van der Waals surface area contributed by atoms with Crippen molar-refractivity contribution >= 4 is 52.4 Å². The predicted octanol–water partition coefficient (Wildman–Crippen LogP) is -0.227. The molecular weight excluding hydrogens is 498 g/mol. The van der Waals surface area contributed by atoms with Crippen molar-refractivity contribution in [3.63, 3.8) is 0 Å². The number of nitrogens with one attached hydrogen (secondary N) is 2. The lowest BCUT2D eigenvalue weighted by molar-refractivity contribution is -0.143. The lowest BCUT2D eigenvalue weighted by Gasteiger charge is -2.20. The number of nitrogen functional groups attached to an aromatic ring is 2. The molecule has 2 aromatic heterocycles. The molecule has 8 N–H and O–H groups in total. The van der Waals surface area contributed by atoms with E-state index in [1.165, 1.54) is 6.92 Å². The number of hydrogen-bond acceptors (Lipinski definition) is 11. The summed E-state index contributed by atoms with van der Waals surface area (Å²) in [6.07, 6.45) is 0.839. The second-order valence-corrected chi connectivity index (χ2v) is 8.43. The van der Waals surface area contributed by atoms with Gasteiger partial charge in [0.15, 0.2) is 17.0 Å². The van der Waals surface area contributed by atoms with Crippen LogP contribution < -0.4 is 27.0 Å². The van der Waals surface area contributed by atoms with Crippen molar-refractivity contribution in [2.45, 2.75) is 38.4 Å². The maximum atomic E-state index is 12.6. The summed E-state index contributed by atoms with van der Waals surface area (Å²) in [5.41, 5.74) is 13.7. The summed E-state index contributed by atoms with van der Waals surface area (Å²) in [5.74, 6) is -3.72. The van der Waals surface area contributed by atoms with E-state index in [0.717, 1.165) is 5.69 Å². The van der Waals surface area contributed by atoms with Gasteiger partial charge in [0.1, 0.15) is 12.1 Å². The molecule has 2 heterocycles. The number of fused-ring (bicyclic) bond motifs is 1. The molecule has 0 unspecified atom stereocenters. The average molecular weight is 526 g/mol. The number of carbonyl (C=O) groups is 4. The molecule has 1 aromatic carbocycles. The van der Waals surface area contributed by atoms with E-state index in [0.29, 0.717) is 23.4 Å². The van der Waals surface area contributed by atoms with Gasteiger partial charge in [0.05, 0.1) is 18.4 Å². The lowest BCUT2D eigenvalue weighted by Crippen LogP contribution is -2.50. The third-order valence-electron chi connectivity index (χ3n) is 5.47. The number of aromatic nitrogens is 4. The molecule has 0 bridgehead atoms. The van der Waals surface area contributed by atoms with Crippen LogP contribution in [-0.2, 0) is 20.9 Å². The second-order valence-electron chi connectivity index (χ2n) is 8.43. The average Bonchev–Trinajstić information content (AvgIpc) is 2.86. The molecule has 2 amide bonds. The summed E-state index contributed by atoms with van der Waals surface area (Å²) in [5, 5.41) is 22.7. The highest BCUT2D eigenvalue weighted by molar-refractivity contribution is 5.98. The lowest BCUT2D eigenvalue weighted by atomic mass is 10.1. The van der Waals surface area contributed by atoms with Crippen LogP contribution in [0.1, 0.15) is 35.8 Å². The molecule has 0 aliphatic carbocycles. The Bertz CT molecular complexity index is 1370. The van der Waals surface area contributed by atoms with Gasteiger partial charge in [-0.1, -0.05) is 0 Å². The van der Waals surface area contributed by atoms with Crippen LogP contribution in [0.25, 0.3) is 11.2 Å². The number of nitrogens with two attached hydrogens (primary N) is 2. The number of carbonyl (C=O) groups excluding carboxylic acids is 2. The standard InChI is InChI=1S/C23H27N9O6/c1-11(20(35)29-15(22(37)38)7-8-16(33)34)27-21(36)12-3-5-14(6-4-12)32(2)10-13-9-26-19-17(28-13)18(24)30-23(25)31-19/h3-6,9,11,15H,7-8,10H2,1-2H3,(H,27,36)(H,29,35)(H,33,34)(H,37,38)(H4,24,25,26,30,31)/t11-,15-/m0/s1. The Balaban J connectivity index is 1.60. The summed E-state index contributed by atoms with van der Waals surface area (Å²) in [4.78, 5) is 65.3. The van der Waals surface area contributed by atoms with E-state index < -0.39 is 42.3 Å². The highest BCUT2D eigenvalue weighted by atomic mass is 16.4. The number of benzene rings is 1. The van der Waals surface area contributed by atoms with Crippen LogP contribution in [0.5, 0.6) is 0 Å². The number of amides is 2. The van der Waals surface area contributed by atoms with E-state index in [4.69, 9.17) is 16.6 Å². The number of carboxylic acids is 2. The Morgan fingerprint density at radius 3 is 2.34 bits per heavy atom. The van der Waals surface area contributed by atoms with E-state index in [1.807, 2.05) is 11.9 Å². The minimum Gasteiger partial charge on any atom is -0.481 e. The predicted molar refractivity (Wildman–Crippen MR) is 136 cm³/mol. The van der Waals surface area contributed by atoms with Gasteiger partial charge in [-0.25, -0.2) is 14.8 Å².